The fourth-order valence-electron chi connectivity index (χ4n) is 1.92. The molecule has 3 nitrogen and oxygen atoms in total. The molecule has 0 saturated heterocycles. The lowest BCUT2D eigenvalue weighted by Crippen LogP contribution is -2.37. The zero-order valence-electron chi connectivity index (χ0n) is 12.0. The van der Waals surface area contributed by atoms with Crippen LogP contribution in [0.15, 0.2) is 24.4 Å². The van der Waals surface area contributed by atoms with Gasteiger partial charge >= 0.3 is 0 Å². The largest absolute Gasteiger partial charge is 0.489 e. The minimum atomic E-state index is -0.183. The molecule has 0 aromatic carbocycles. The molecule has 1 aliphatic carbocycles. The van der Waals surface area contributed by atoms with Gasteiger partial charge in [0, 0.05) is 12.8 Å². The SMILES string of the molecule is CC(C)(C)C/C=C/c1ccc(OC2CC(O)C2)cn1. The van der Waals surface area contributed by atoms with Crippen LogP contribution in [0, 0.1) is 5.41 Å². The van der Waals surface area contributed by atoms with Gasteiger partial charge in [-0.05, 0) is 30.0 Å². The number of rotatable bonds is 4. The van der Waals surface area contributed by atoms with Gasteiger partial charge in [0.15, 0.2) is 0 Å². The minimum Gasteiger partial charge on any atom is -0.489 e. The molecule has 1 aliphatic rings. The Kier molecular flexibility index (Phi) is 4.25. The second-order valence-electron chi connectivity index (χ2n) is 6.45. The van der Waals surface area contributed by atoms with E-state index in [4.69, 9.17) is 4.74 Å². The summed E-state index contributed by atoms with van der Waals surface area (Å²) in [6.45, 7) is 6.65. The Morgan fingerprint density at radius 2 is 2.11 bits per heavy atom. The number of hydrogen-bond donors (Lipinski definition) is 1. The van der Waals surface area contributed by atoms with Gasteiger partial charge < -0.3 is 9.84 Å². The Bertz CT molecular complexity index is 425. The van der Waals surface area contributed by atoms with Crippen LogP contribution in [0.3, 0.4) is 0 Å². The van der Waals surface area contributed by atoms with Crippen LogP contribution >= 0.6 is 0 Å². The Hall–Kier alpha value is -1.35. The number of nitrogens with zero attached hydrogens (tertiary/aromatic N) is 1. The highest BCUT2D eigenvalue weighted by atomic mass is 16.5. The standard InChI is InChI=1S/C16H23NO2/c1-16(2,3)8-4-5-12-6-7-14(11-17-12)19-15-9-13(18)10-15/h4-7,11,13,15,18H,8-10H2,1-3H3/b5-4+. The quantitative estimate of drug-likeness (QED) is 0.903. The second kappa shape index (κ2) is 5.74. The van der Waals surface area contributed by atoms with E-state index in [1.54, 1.807) is 6.20 Å². The molecule has 0 amide bonds. The molecular formula is C16H23NO2. The summed E-state index contributed by atoms with van der Waals surface area (Å²) < 4.78 is 5.69. The van der Waals surface area contributed by atoms with Crippen LogP contribution in [0.4, 0.5) is 0 Å². The van der Waals surface area contributed by atoms with Crippen molar-refractivity contribution in [2.75, 3.05) is 0 Å². The molecule has 0 radical (unpaired) electrons. The average molecular weight is 261 g/mol. The van der Waals surface area contributed by atoms with Crippen LogP contribution in [-0.2, 0) is 0 Å². The summed E-state index contributed by atoms with van der Waals surface area (Å²) in [6.07, 6.45) is 8.42. The van der Waals surface area contributed by atoms with Gasteiger partial charge in [-0.25, -0.2) is 0 Å². The summed E-state index contributed by atoms with van der Waals surface area (Å²) in [5.41, 5.74) is 1.26. The summed E-state index contributed by atoms with van der Waals surface area (Å²) in [5.74, 6) is 0.782. The van der Waals surface area contributed by atoms with Gasteiger partial charge in [0.2, 0.25) is 0 Å². The molecule has 0 spiro atoms. The maximum atomic E-state index is 9.20. The molecule has 1 heterocycles. The van der Waals surface area contributed by atoms with Crippen molar-refractivity contribution in [1.82, 2.24) is 4.98 Å². The topological polar surface area (TPSA) is 42.4 Å². The lowest BCUT2D eigenvalue weighted by atomic mass is 9.92. The fraction of sp³-hybridized carbons (Fsp3) is 0.562. The average Bonchev–Trinajstić information content (AvgIpc) is 2.28. The number of hydrogen-bond acceptors (Lipinski definition) is 3. The number of ether oxygens (including phenoxy) is 1. The number of aliphatic hydroxyl groups is 1. The van der Waals surface area contributed by atoms with E-state index in [-0.39, 0.29) is 12.2 Å². The van der Waals surface area contributed by atoms with Crippen LogP contribution in [0.2, 0.25) is 0 Å². The second-order valence-corrected chi connectivity index (χ2v) is 6.45. The number of pyridine rings is 1. The molecule has 3 heteroatoms. The van der Waals surface area contributed by atoms with Gasteiger partial charge in [-0.3, -0.25) is 4.98 Å². The summed E-state index contributed by atoms with van der Waals surface area (Å²) in [7, 11) is 0. The highest BCUT2D eigenvalue weighted by Gasteiger charge is 2.28. The van der Waals surface area contributed by atoms with Crippen LogP contribution in [0.25, 0.3) is 6.08 Å². The van der Waals surface area contributed by atoms with E-state index in [1.165, 1.54) is 0 Å². The number of aromatic nitrogens is 1. The first-order valence-electron chi connectivity index (χ1n) is 6.90. The van der Waals surface area contributed by atoms with E-state index in [0.717, 1.165) is 30.7 Å². The molecule has 0 aliphatic heterocycles. The predicted octanol–water partition coefficient (Wildman–Crippen LogP) is 3.43. The van der Waals surface area contributed by atoms with Gasteiger partial charge in [-0.15, -0.1) is 0 Å². The Labute approximate surface area is 115 Å². The maximum absolute atomic E-state index is 9.20. The van der Waals surface area contributed by atoms with Crippen molar-refractivity contribution in [1.29, 1.82) is 0 Å². The van der Waals surface area contributed by atoms with E-state index in [1.807, 2.05) is 18.2 Å². The zero-order chi connectivity index (χ0) is 13.9. The normalized spacial score (nSPS) is 23.4. The molecule has 2 rings (SSSR count). The Morgan fingerprint density at radius 3 is 2.63 bits per heavy atom. The van der Waals surface area contributed by atoms with Crippen LogP contribution in [0.1, 0.15) is 45.7 Å². The predicted molar refractivity (Wildman–Crippen MR) is 77.0 cm³/mol. The van der Waals surface area contributed by atoms with E-state index < -0.39 is 0 Å². The van der Waals surface area contributed by atoms with Crippen LogP contribution in [0.5, 0.6) is 5.75 Å². The molecule has 19 heavy (non-hydrogen) atoms. The van der Waals surface area contributed by atoms with Gasteiger partial charge in [0.25, 0.3) is 0 Å². The van der Waals surface area contributed by atoms with Crippen molar-refractivity contribution in [2.24, 2.45) is 5.41 Å². The highest BCUT2D eigenvalue weighted by Crippen LogP contribution is 2.25. The van der Waals surface area contributed by atoms with Crippen molar-refractivity contribution >= 4 is 6.08 Å². The number of allylic oxidation sites excluding steroid dienone is 1. The summed E-state index contributed by atoms with van der Waals surface area (Å²) in [4.78, 5) is 4.35. The molecular weight excluding hydrogens is 238 g/mol. The first-order valence-corrected chi connectivity index (χ1v) is 6.90. The lowest BCUT2D eigenvalue weighted by molar-refractivity contribution is -0.0109. The highest BCUT2D eigenvalue weighted by molar-refractivity contribution is 5.45. The van der Waals surface area contributed by atoms with Crippen molar-refractivity contribution in [2.45, 2.75) is 52.2 Å². The summed E-state index contributed by atoms with van der Waals surface area (Å²) in [6, 6.07) is 3.90. The van der Waals surface area contributed by atoms with Gasteiger partial charge in [0.1, 0.15) is 11.9 Å². The number of aliphatic hydroxyl groups excluding tert-OH is 1. The van der Waals surface area contributed by atoms with Crippen molar-refractivity contribution in [3.8, 4) is 5.75 Å². The third-order valence-electron chi connectivity index (χ3n) is 3.15. The molecule has 1 aromatic rings. The lowest BCUT2D eigenvalue weighted by Gasteiger charge is -2.31. The van der Waals surface area contributed by atoms with Gasteiger partial charge in [-0.2, -0.15) is 0 Å². The van der Waals surface area contributed by atoms with E-state index in [0.29, 0.717) is 5.41 Å². The Morgan fingerprint density at radius 1 is 1.37 bits per heavy atom. The van der Waals surface area contributed by atoms with E-state index >= 15 is 0 Å². The fourth-order valence-corrected chi connectivity index (χ4v) is 1.92. The van der Waals surface area contributed by atoms with Gasteiger partial charge in [-0.1, -0.05) is 26.8 Å². The smallest absolute Gasteiger partial charge is 0.138 e. The maximum Gasteiger partial charge on any atom is 0.138 e. The van der Waals surface area contributed by atoms with Crippen LogP contribution < -0.4 is 4.74 Å². The van der Waals surface area contributed by atoms with Crippen LogP contribution in [-0.4, -0.2) is 22.3 Å². The molecule has 0 bridgehead atoms. The third kappa shape index (κ3) is 4.67. The first-order chi connectivity index (χ1) is 8.92. The zero-order valence-corrected chi connectivity index (χ0v) is 12.0. The molecule has 1 saturated carbocycles. The van der Waals surface area contributed by atoms with E-state index in [2.05, 4.69) is 31.8 Å². The molecule has 1 N–H and O–H groups in total. The molecule has 104 valence electrons. The summed E-state index contributed by atoms with van der Waals surface area (Å²) >= 11 is 0. The minimum absolute atomic E-state index is 0.152. The van der Waals surface area contributed by atoms with E-state index in [9.17, 15) is 5.11 Å². The first kappa shape index (κ1) is 14.1. The Balaban J connectivity index is 1.84. The van der Waals surface area contributed by atoms with Gasteiger partial charge in [0.05, 0.1) is 18.0 Å². The third-order valence-corrected chi connectivity index (χ3v) is 3.15. The molecule has 1 fully saturated rings. The monoisotopic (exact) mass is 261 g/mol. The molecule has 0 unspecified atom stereocenters. The van der Waals surface area contributed by atoms with Crippen molar-refractivity contribution in [3.05, 3.63) is 30.1 Å². The molecule has 0 atom stereocenters. The van der Waals surface area contributed by atoms with Crippen molar-refractivity contribution < 1.29 is 9.84 Å². The summed E-state index contributed by atoms with van der Waals surface area (Å²) in [5, 5.41) is 9.20. The molecule has 1 aromatic heterocycles. The van der Waals surface area contributed by atoms with Crippen molar-refractivity contribution in [3.63, 3.8) is 0 Å².